The van der Waals surface area contributed by atoms with E-state index in [0.29, 0.717) is 18.0 Å². The zero-order chi connectivity index (χ0) is 21.5. The van der Waals surface area contributed by atoms with E-state index in [1.807, 2.05) is 36.9 Å². The van der Waals surface area contributed by atoms with Crippen LogP contribution in [0.2, 0.25) is 0 Å². The van der Waals surface area contributed by atoms with E-state index in [-0.39, 0.29) is 6.61 Å². The van der Waals surface area contributed by atoms with Crippen LogP contribution in [0.15, 0.2) is 24.4 Å². The topological polar surface area (TPSA) is 72.2 Å². The number of benzene rings is 1. The Balaban J connectivity index is 1.52. The number of nitrogens with zero attached hydrogens (tertiary/aromatic N) is 4. The molecule has 1 unspecified atom stereocenters. The summed E-state index contributed by atoms with van der Waals surface area (Å²) in [6.07, 6.45) is 1.51. The molecule has 1 fully saturated rings. The second-order valence-corrected chi connectivity index (χ2v) is 7.95. The minimum atomic E-state index is -0.554. The summed E-state index contributed by atoms with van der Waals surface area (Å²) in [5.41, 5.74) is 3.42. The van der Waals surface area contributed by atoms with Crippen molar-refractivity contribution >= 4 is 0 Å². The van der Waals surface area contributed by atoms with Crippen LogP contribution in [0.4, 0.5) is 0 Å². The Morgan fingerprint density at radius 1 is 1.23 bits per heavy atom. The molecule has 2 aromatic rings. The largest absolute Gasteiger partial charge is 0.493 e. The van der Waals surface area contributed by atoms with Crippen molar-refractivity contribution < 1.29 is 19.3 Å². The number of methoxy groups -OCH3 is 1. The Hall–Kier alpha value is -2.13. The average Bonchev–Trinajstić information content (AvgIpc) is 3.04. The van der Waals surface area contributed by atoms with E-state index < -0.39 is 6.10 Å². The number of ether oxygens (including phenoxy) is 3. The van der Waals surface area contributed by atoms with E-state index in [0.717, 1.165) is 50.7 Å². The Kier molecular flexibility index (Phi) is 8.09. The van der Waals surface area contributed by atoms with E-state index in [9.17, 15) is 5.11 Å². The molecule has 1 aliphatic rings. The van der Waals surface area contributed by atoms with Gasteiger partial charge in [0.25, 0.3) is 0 Å². The summed E-state index contributed by atoms with van der Waals surface area (Å²) in [5, 5.41) is 14.7. The van der Waals surface area contributed by atoms with Crippen LogP contribution in [0.5, 0.6) is 11.5 Å². The maximum atomic E-state index is 10.3. The zero-order valence-electron chi connectivity index (χ0n) is 18.5. The molecule has 0 aliphatic carbocycles. The van der Waals surface area contributed by atoms with Crippen LogP contribution in [-0.2, 0) is 24.9 Å². The van der Waals surface area contributed by atoms with Crippen molar-refractivity contribution in [1.29, 1.82) is 0 Å². The number of β-amino-alcohol motifs (C(OH)–C–C–N with tert-alkyl or cyclic N) is 1. The number of aromatic nitrogens is 2. The quantitative estimate of drug-likeness (QED) is 0.626. The van der Waals surface area contributed by atoms with Crippen LogP contribution in [-0.4, -0.2) is 84.4 Å². The molecule has 1 aliphatic heterocycles. The molecule has 8 nitrogen and oxygen atoms in total. The first-order valence-corrected chi connectivity index (χ1v) is 10.4. The highest BCUT2D eigenvalue weighted by molar-refractivity contribution is 5.43. The minimum Gasteiger partial charge on any atom is -0.493 e. The SMILES string of the molecule is COc1cc(CN(C)Cc2cn(C)nc2C)ccc1OCC(O)CN1CCOCC1. The van der Waals surface area contributed by atoms with Gasteiger partial charge < -0.3 is 19.3 Å². The minimum absolute atomic E-state index is 0.229. The highest BCUT2D eigenvalue weighted by Gasteiger charge is 2.16. The van der Waals surface area contributed by atoms with Gasteiger partial charge >= 0.3 is 0 Å². The van der Waals surface area contributed by atoms with Crippen LogP contribution in [0.1, 0.15) is 16.8 Å². The Labute approximate surface area is 178 Å². The lowest BCUT2D eigenvalue weighted by Crippen LogP contribution is -2.42. The zero-order valence-corrected chi connectivity index (χ0v) is 18.5. The summed E-state index contributed by atoms with van der Waals surface area (Å²) in [5.74, 6) is 1.32. The van der Waals surface area contributed by atoms with Crippen LogP contribution in [0, 0.1) is 6.92 Å². The van der Waals surface area contributed by atoms with Gasteiger partial charge in [-0.25, -0.2) is 0 Å². The molecular weight excluding hydrogens is 384 g/mol. The van der Waals surface area contributed by atoms with Crippen molar-refractivity contribution in [3.05, 3.63) is 41.2 Å². The molecule has 1 saturated heterocycles. The predicted octanol–water partition coefficient (Wildman–Crippen LogP) is 1.44. The lowest BCUT2D eigenvalue weighted by atomic mass is 10.1. The number of rotatable bonds is 10. The summed E-state index contributed by atoms with van der Waals surface area (Å²) in [7, 11) is 5.67. The monoisotopic (exact) mass is 418 g/mol. The third kappa shape index (κ3) is 6.43. The van der Waals surface area contributed by atoms with E-state index in [2.05, 4.69) is 28.1 Å². The summed E-state index contributed by atoms with van der Waals surface area (Å²) < 4.78 is 18.6. The van der Waals surface area contributed by atoms with Gasteiger partial charge in [-0.3, -0.25) is 14.5 Å². The van der Waals surface area contributed by atoms with Crippen molar-refractivity contribution in [3.8, 4) is 11.5 Å². The maximum absolute atomic E-state index is 10.3. The number of aliphatic hydroxyl groups is 1. The van der Waals surface area contributed by atoms with Gasteiger partial charge in [-0.15, -0.1) is 0 Å². The van der Waals surface area contributed by atoms with Gasteiger partial charge in [0.2, 0.25) is 0 Å². The third-order valence-electron chi connectivity index (χ3n) is 5.24. The van der Waals surface area contributed by atoms with Crippen LogP contribution in [0.25, 0.3) is 0 Å². The molecule has 0 amide bonds. The first-order valence-electron chi connectivity index (χ1n) is 10.4. The lowest BCUT2D eigenvalue weighted by molar-refractivity contribution is 0.00445. The molecule has 1 aromatic carbocycles. The van der Waals surface area contributed by atoms with E-state index >= 15 is 0 Å². The molecule has 1 N–H and O–H groups in total. The number of hydrogen-bond acceptors (Lipinski definition) is 7. The molecule has 0 spiro atoms. The number of hydrogen-bond donors (Lipinski definition) is 1. The molecule has 166 valence electrons. The fraction of sp³-hybridized carbons (Fsp3) is 0.591. The van der Waals surface area contributed by atoms with Crippen LogP contribution in [0.3, 0.4) is 0 Å². The van der Waals surface area contributed by atoms with Crippen molar-refractivity contribution in [2.24, 2.45) is 7.05 Å². The average molecular weight is 419 g/mol. The highest BCUT2D eigenvalue weighted by atomic mass is 16.5. The summed E-state index contributed by atoms with van der Waals surface area (Å²) >= 11 is 0. The molecule has 8 heteroatoms. The molecule has 0 bridgehead atoms. The first-order chi connectivity index (χ1) is 14.4. The predicted molar refractivity (Wildman–Crippen MR) is 115 cm³/mol. The van der Waals surface area contributed by atoms with Crippen molar-refractivity contribution in [3.63, 3.8) is 0 Å². The normalized spacial score (nSPS) is 16.1. The Bertz CT molecular complexity index is 804. The maximum Gasteiger partial charge on any atom is 0.161 e. The highest BCUT2D eigenvalue weighted by Crippen LogP contribution is 2.29. The molecule has 0 radical (unpaired) electrons. The fourth-order valence-electron chi connectivity index (χ4n) is 3.71. The van der Waals surface area contributed by atoms with Gasteiger partial charge in [-0.05, 0) is 31.7 Å². The van der Waals surface area contributed by atoms with E-state index in [4.69, 9.17) is 14.2 Å². The molecule has 2 heterocycles. The van der Waals surface area contributed by atoms with E-state index in [1.165, 1.54) is 5.56 Å². The number of morpholine rings is 1. The van der Waals surface area contributed by atoms with Crippen molar-refractivity contribution in [1.82, 2.24) is 19.6 Å². The number of aryl methyl sites for hydroxylation is 2. The summed E-state index contributed by atoms with van der Waals surface area (Å²) in [6, 6.07) is 5.95. The van der Waals surface area contributed by atoms with Gasteiger partial charge in [0.1, 0.15) is 12.7 Å². The lowest BCUT2D eigenvalue weighted by Gasteiger charge is -2.28. The fourth-order valence-corrected chi connectivity index (χ4v) is 3.71. The number of aliphatic hydroxyl groups excluding tert-OH is 1. The Morgan fingerprint density at radius 3 is 2.67 bits per heavy atom. The van der Waals surface area contributed by atoms with Crippen LogP contribution < -0.4 is 9.47 Å². The van der Waals surface area contributed by atoms with Crippen LogP contribution >= 0.6 is 0 Å². The molecule has 30 heavy (non-hydrogen) atoms. The van der Waals surface area contributed by atoms with Gasteiger partial charge in [0.15, 0.2) is 11.5 Å². The van der Waals surface area contributed by atoms with Gasteiger partial charge in [-0.2, -0.15) is 5.10 Å². The van der Waals surface area contributed by atoms with Crippen molar-refractivity contribution in [2.75, 3.05) is 53.6 Å². The van der Waals surface area contributed by atoms with Gasteiger partial charge in [0, 0.05) is 51.5 Å². The second kappa shape index (κ2) is 10.8. The second-order valence-electron chi connectivity index (χ2n) is 7.95. The molecule has 1 atom stereocenters. The molecule has 0 saturated carbocycles. The van der Waals surface area contributed by atoms with Crippen molar-refractivity contribution in [2.45, 2.75) is 26.1 Å². The molecule has 3 rings (SSSR count). The summed E-state index contributed by atoms with van der Waals surface area (Å²) in [6.45, 7) is 7.59. The van der Waals surface area contributed by atoms with Gasteiger partial charge in [0.05, 0.1) is 26.0 Å². The first kappa shape index (κ1) is 22.6. The third-order valence-corrected chi connectivity index (χ3v) is 5.24. The molecular formula is C22H34N4O4. The standard InChI is InChI=1S/C22H34N4O4/c1-17-19(14-25(3)23-17)13-24(2)12-18-5-6-21(22(11-18)28-4)30-16-20(27)15-26-7-9-29-10-8-26/h5-6,11,14,20,27H,7-10,12-13,15-16H2,1-4H3. The smallest absolute Gasteiger partial charge is 0.161 e. The van der Waals surface area contributed by atoms with E-state index in [1.54, 1.807) is 7.11 Å². The molecule has 1 aromatic heterocycles. The Morgan fingerprint density at radius 2 is 2.00 bits per heavy atom. The summed E-state index contributed by atoms with van der Waals surface area (Å²) in [4.78, 5) is 4.43. The van der Waals surface area contributed by atoms with Gasteiger partial charge in [-0.1, -0.05) is 6.07 Å².